The minimum atomic E-state index is -4.42. The Morgan fingerprint density at radius 2 is 1.71 bits per heavy atom. The van der Waals surface area contributed by atoms with Crippen molar-refractivity contribution in [1.82, 2.24) is 0 Å². The second-order valence-corrected chi connectivity index (χ2v) is 4.68. The fourth-order valence-electron chi connectivity index (χ4n) is 1.66. The molecule has 0 aliphatic carbocycles. The fourth-order valence-corrected chi connectivity index (χ4v) is 1.86. The van der Waals surface area contributed by atoms with E-state index < -0.39 is 17.6 Å². The average molecular weight is 315 g/mol. The molecule has 0 aromatic heterocycles. The third-order valence-corrected chi connectivity index (χ3v) is 3.03. The van der Waals surface area contributed by atoms with E-state index in [0.29, 0.717) is 5.69 Å². The first-order chi connectivity index (χ1) is 9.77. The third-order valence-electron chi connectivity index (χ3n) is 2.71. The number of carbonyl (C=O) groups excluding carboxylic acids is 1. The number of hydrogen-bond donors (Lipinski definition) is 2. The summed E-state index contributed by atoms with van der Waals surface area (Å²) in [6.45, 7) is 0. The molecule has 0 fully saturated rings. The van der Waals surface area contributed by atoms with Gasteiger partial charge in [0.2, 0.25) is 0 Å². The highest BCUT2D eigenvalue weighted by atomic mass is 35.5. The lowest BCUT2D eigenvalue weighted by Crippen LogP contribution is -2.13. The van der Waals surface area contributed by atoms with E-state index in [-0.39, 0.29) is 16.3 Å². The van der Waals surface area contributed by atoms with Crippen molar-refractivity contribution in [2.24, 2.45) is 0 Å². The highest BCUT2D eigenvalue weighted by Crippen LogP contribution is 2.30. The lowest BCUT2D eigenvalue weighted by Gasteiger charge is -2.10. The van der Waals surface area contributed by atoms with Crippen LogP contribution in [0.5, 0.6) is 0 Å². The molecule has 0 aliphatic heterocycles. The van der Waals surface area contributed by atoms with Gasteiger partial charge in [0, 0.05) is 11.4 Å². The summed E-state index contributed by atoms with van der Waals surface area (Å²) in [4.78, 5) is 12.0. The van der Waals surface area contributed by atoms with Crippen LogP contribution in [0.3, 0.4) is 0 Å². The zero-order valence-corrected chi connectivity index (χ0v) is 11.3. The van der Waals surface area contributed by atoms with Gasteiger partial charge >= 0.3 is 6.18 Å². The third kappa shape index (κ3) is 3.66. The summed E-state index contributed by atoms with van der Waals surface area (Å²) in [5.74, 6) is -0.549. The molecular formula is C14H10ClF3N2O. The lowest BCUT2D eigenvalue weighted by atomic mass is 10.1. The maximum absolute atomic E-state index is 12.4. The molecule has 21 heavy (non-hydrogen) atoms. The first-order valence-electron chi connectivity index (χ1n) is 5.81. The summed E-state index contributed by atoms with van der Waals surface area (Å²) < 4.78 is 37.3. The van der Waals surface area contributed by atoms with Gasteiger partial charge in [-0.15, -0.1) is 0 Å². The van der Waals surface area contributed by atoms with Crippen LogP contribution in [0, 0.1) is 0 Å². The van der Waals surface area contributed by atoms with Crippen LogP contribution in [0.1, 0.15) is 15.9 Å². The maximum atomic E-state index is 12.4. The number of halogens is 4. The molecule has 3 N–H and O–H groups in total. The van der Waals surface area contributed by atoms with Gasteiger partial charge in [-0.05, 0) is 42.5 Å². The zero-order valence-electron chi connectivity index (χ0n) is 10.5. The monoisotopic (exact) mass is 314 g/mol. The number of nitrogens with two attached hydrogens (primary N) is 1. The van der Waals surface area contributed by atoms with Gasteiger partial charge in [0.1, 0.15) is 0 Å². The first kappa shape index (κ1) is 15.2. The first-order valence-corrected chi connectivity index (χ1v) is 6.19. The van der Waals surface area contributed by atoms with Crippen molar-refractivity contribution in [3.63, 3.8) is 0 Å². The van der Waals surface area contributed by atoms with Crippen molar-refractivity contribution < 1.29 is 18.0 Å². The Kier molecular flexibility index (Phi) is 4.09. The Balaban J connectivity index is 2.18. The molecule has 0 saturated heterocycles. The van der Waals surface area contributed by atoms with E-state index in [1.807, 2.05) is 0 Å². The molecule has 0 atom stereocenters. The number of carbonyl (C=O) groups is 1. The molecule has 0 saturated carbocycles. The summed E-state index contributed by atoms with van der Waals surface area (Å²) >= 11 is 5.88. The number of benzene rings is 2. The Hall–Kier alpha value is -2.21. The summed E-state index contributed by atoms with van der Waals surface area (Å²) in [5, 5.41) is 2.66. The van der Waals surface area contributed by atoms with E-state index in [0.717, 1.165) is 12.1 Å². The van der Waals surface area contributed by atoms with Gasteiger partial charge in [-0.1, -0.05) is 11.6 Å². The van der Waals surface area contributed by atoms with Gasteiger partial charge in [0.15, 0.2) is 0 Å². The number of alkyl halides is 3. The van der Waals surface area contributed by atoms with Crippen LogP contribution in [0.2, 0.25) is 5.02 Å². The molecule has 2 aromatic rings. The standard InChI is InChI=1S/C14H10ClF3N2O/c15-12-6-3-9(19)7-11(12)13(21)20-10-4-1-8(2-5-10)14(16,17)18/h1-7H,19H2,(H,20,21). The smallest absolute Gasteiger partial charge is 0.399 e. The second-order valence-electron chi connectivity index (χ2n) is 4.27. The number of anilines is 2. The van der Waals surface area contributed by atoms with Gasteiger partial charge in [-0.25, -0.2) is 0 Å². The molecule has 0 radical (unpaired) electrons. The van der Waals surface area contributed by atoms with Crippen LogP contribution >= 0.6 is 11.6 Å². The van der Waals surface area contributed by atoms with Gasteiger partial charge in [0.25, 0.3) is 5.91 Å². The van der Waals surface area contributed by atoms with Gasteiger partial charge in [-0.3, -0.25) is 4.79 Å². The van der Waals surface area contributed by atoms with E-state index in [1.165, 1.54) is 30.3 Å². The fraction of sp³-hybridized carbons (Fsp3) is 0.0714. The van der Waals surface area contributed by atoms with Crippen molar-refractivity contribution >= 4 is 28.9 Å². The molecular weight excluding hydrogens is 305 g/mol. The molecule has 2 rings (SSSR count). The summed E-state index contributed by atoms with van der Waals surface area (Å²) in [6.07, 6.45) is -4.42. The molecule has 0 aliphatic rings. The molecule has 7 heteroatoms. The lowest BCUT2D eigenvalue weighted by molar-refractivity contribution is -0.137. The van der Waals surface area contributed by atoms with Crippen LogP contribution < -0.4 is 11.1 Å². The molecule has 2 aromatic carbocycles. The highest BCUT2D eigenvalue weighted by Gasteiger charge is 2.30. The van der Waals surface area contributed by atoms with Crippen molar-refractivity contribution in [1.29, 1.82) is 0 Å². The second kappa shape index (κ2) is 5.65. The molecule has 110 valence electrons. The Labute approximate surface area is 123 Å². The van der Waals surface area contributed by atoms with Crippen LogP contribution in [0.4, 0.5) is 24.5 Å². The minimum absolute atomic E-state index is 0.150. The number of amides is 1. The summed E-state index contributed by atoms with van der Waals surface area (Å²) in [5.41, 5.74) is 5.51. The Morgan fingerprint density at radius 1 is 1.10 bits per heavy atom. The van der Waals surface area contributed by atoms with E-state index in [9.17, 15) is 18.0 Å². The van der Waals surface area contributed by atoms with E-state index in [2.05, 4.69) is 5.32 Å². The SMILES string of the molecule is Nc1ccc(Cl)c(C(=O)Nc2ccc(C(F)(F)F)cc2)c1. The topological polar surface area (TPSA) is 55.1 Å². The average Bonchev–Trinajstić information content (AvgIpc) is 2.41. The van der Waals surface area contributed by atoms with Gasteiger partial charge in [0.05, 0.1) is 16.1 Å². The van der Waals surface area contributed by atoms with Crippen LogP contribution in [-0.2, 0) is 6.18 Å². The zero-order chi connectivity index (χ0) is 15.6. The van der Waals surface area contributed by atoms with Crippen LogP contribution in [0.25, 0.3) is 0 Å². The molecule has 1 amide bonds. The van der Waals surface area contributed by atoms with E-state index in [4.69, 9.17) is 17.3 Å². The van der Waals surface area contributed by atoms with E-state index in [1.54, 1.807) is 0 Å². The summed E-state index contributed by atoms with van der Waals surface area (Å²) in [6, 6.07) is 8.51. The van der Waals surface area contributed by atoms with Gasteiger partial charge < -0.3 is 11.1 Å². The largest absolute Gasteiger partial charge is 0.416 e. The van der Waals surface area contributed by atoms with E-state index >= 15 is 0 Å². The normalized spacial score (nSPS) is 11.2. The predicted octanol–water partition coefficient (Wildman–Crippen LogP) is 4.19. The predicted molar refractivity (Wildman–Crippen MR) is 75.3 cm³/mol. The number of nitrogen functional groups attached to an aromatic ring is 1. The van der Waals surface area contributed by atoms with Crippen molar-refractivity contribution in [2.75, 3.05) is 11.1 Å². The van der Waals surface area contributed by atoms with Crippen molar-refractivity contribution in [2.45, 2.75) is 6.18 Å². The minimum Gasteiger partial charge on any atom is -0.399 e. The highest BCUT2D eigenvalue weighted by molar-refractivity contribution is 6.34. The van der Waals surface area contributed by atoms with Crippen molar-refractivity contribution in [3.8, 4) is 0 Å². The molecule has 0 spiro atoms. The van der Waals surface area contributed by atoms with Crippen LogP contribution in [0.15, 0.2) is 42.5 Å². The van der Waals surface area contributed by atoms with Crippen molar-refractivity contribution in [3.05, 3.63) is 58.6 Å². The molecule has 3 nitrogen and oxygen atoms in total. The Morgan fingerprint density at radius 3 is 2.29 bits per heavy atom. The Bertz CT molecular complexity index is 669. The number of hydrogen-bond acceptors (Lipinski definition) is 2. The number of rotatable bonds is 2. The van der Waals surface area contributed by atoms with Gasteiger partial charge in [-0.2, -0.15) is 13.2 Å². The number of nitrogens with one attached hydrogen (secondary N) is 1. The maximum Gasteiger partial charge on any atom is 0.416 e. The summed E-state index contributed by atoms with van der Waals surface area (Å²) in [7, 11) is 0. The molecule has 0 unspecified atom stereocenters. The molecule has 0 bridgehead atoms. The quantitative estimate of drug-likeness (QED) is 0.816. The molecule has 0 heterocycles. The van der Waals surface area contributed by atoms with Crippen LogP contribution in [-0.4, -0.2) is 5.91 Å².